The van der Waals surface area contributed by atoms with Crippen LogP contribution < -0.4 is 4.74 Å². The summed E-state index contributed by atoms with van der Waals surface area (Å²) in [4.78, 5) is 0. The summed E-state index contributed by atoms with van der Waals surface area (Å²) in [5.41, 5.74) is 5.78. The minimum absolute atomic E-state index is 0.406. The van der Waals surface area contributed by atoms with Crippen molar-refractivity contribution in [2.45, 2.75) is 24.7 Å². The highest BCUT2D eigenvalue weighted by molar-refractivity contribution is 5.45. The Labute approximate surface area is 143 Å². The van der Waals surface area contributed by atoms with Gasteiger partial charge in [0.1, 0.15) is 5.75 Å². The van der Waals surface area contributed by atoms with E-state index in [1.165, 1.54) is 28.7 Å². The first kappa shape index (κ1) is 15.0. The molecule has 3 aromatic carbocycles. The van der Waals surface area contributed by atoms with Gasteiger partial charge in [0, 0.05) is 5.92 Å². The van der Waals surface area contributed by atoms with Crippen molar-refractivity contribution in [2.24, 2.45) is 0 Å². The predicted octanol–water partition coefficient (Wildman–Crippen LogP) is 5.56. The summed E-state index contributed by atoms with van der Waals surface area (Å²) in [6.45, 7) is 0. The molecule has 0 saturated heterocycles. The smallest absolute Gasteiger partial charge is 0.118 e. The number of fused-ring (bicyclic) bond motifs is 1. The van der Waals surface area contributed by atoms with Gasteiger partial charge in [-0.3, -0.25) is 0 Å². The first-order valence-corrected chi connectivity index (χ1v) is 8.63. The topological polar surface area (TPSA) is 9.23 Å². The van der Waals surface area contributed by atoms with Gasteiger partial charge in [0.05, 0.1) is 7.11 Å². The molecule has 1 nitrogen and oxygen atoms in total. The molecule has 0 heterocycles. The number of benzene rings is 3. The van der Waals surface area contributed by atoms with Crippen LogP contribution in [0.25, 0.3) is 0 Å². The van der Waals surface area contributed by atoms with Crippen molar-refractivity contribution in [1.82, 2.24) is 0 Å². The van der Waals surface area contributed by atoms with Crippen molar-refractivity contribution in [1.29, 1.82) is 0 Å². The number of hydrogen-bond donors (Lipinski definition) is 0. The van der Waals surface area contributed by atoms with Gasteiger partial charge >= 0.3 is 0 Å². The maximum atomic E-state index is 5.34. The molecule has 0 spiro atoms. The lowest BCUT2D eigenvalue weighted by Crippen LogP contribution is -2.20. The average Bonchev–Trinajstić information content (AvgIpc) is 2.68. The second-order valence-electron chi connectivity index (χ2n) is 6.51. The molecule has 0 fully saturated rings. The molecule has 4 rings (SSSR count). The molecule has 0 radical (unpaired) electrons. The number of methoxy groups -OCH3 is 1. The Balaban J connectivity index is 1.82. The normalized spacial score (nSPS) is 19.5. The predicted molar refractivity (Wildman–Crippen MR) is 98.8 cm³/mol. The van der Waals surface area contributed by atoms with Crippen molar-refractivity contribution >= 4 is 0 Å². The lowest BCUT2D eigenvalue weighted by Gasteiger charge is -2.34. The molecule has 0 bridgehead atoms. The van der Waals surface area contributed by atoms with E-state index in [-0.39, 0.29) is 0 Å². The molecule has 1 aliphatic carbocycles. The van der Waals surface area contributed by atoms with Crippen LogP contribution in [0.2, 0.25) is 0 Å². The summed E-state index contributed by atoms with van der Waals surface area (Å²) in [6.07, 6.45) is 2.35. The van der Waals surface area contributed by atoms with Crippen molar-refractivity contribution in [2.75, 3.05) is 7.11 Å². The van der Waals surface area contributed by atoms with Gasteiger partial charge in [-0.1, -0.05) is 66.7 Å². The zero-order valence-electron chi connectivity index (χ0n) is 14.0. The third-order valence-electron chi connectivity index (χ3n) is 5.22. The van der Waals surface area contributed by atoms with E-state index in [0.29, 0.717) is 11.8 Å². The van der Waals surface area contributed by atoms with Crippen LogP contribution in [0, 0.1) is 0 Å². The largest absolute Gasteiger partial charge is 0.497 e. The average molecular weight is 314 g/mol. The van der Waals surface area contributed by atoms with Crippen molar-refractivity contribution < 1.29 is 4.74 Å². The zero-order chi connectivity index (χ0) is 16.4. The molecule has 120 valence electrons. The van der Waals surface area contributed by atoms with E-state index >= 15 is 0 Å². The van der Waals surface area contributed by atoms with E-state index in [9.17, 15) is 0 Å². The summed E-state index contributed by atoms with van der Waals surface area (Å²) in [6, 6.07) is 28.5. The van der Waals surface area contributed by atoms with Gasteiger partial charge in [0.2, 0.25) is 0 Å². The minimum atomic E-state index is 0.406. The maximum absolute atomic E-state index is 5.34. The fraction of sp³-hybridized carbons (Fsp3) is 0.217. The van der Waals surface area contributed by atoms with E-state index in [1.807, 2.05) is 0 Å². The van der Waals surface area contributed by atoms with E-state index in [1.54, 1.807) is 7.11 Å². The van der Waals surface area contributed by atoms with Crippen LogP contribution in [0.1, 0.15) is 40.5 Å². The highest BCUT2D eigenvalue weighted by atomic mass is 16.5. The summed E-state index contributed by atoms with van der Waals surface area (Å²) >= 11 is 0. The zero-order valence-corrected chi connectivity index (χ0v) is 14.0. The minimum Gasteiger partial charge on any atom is -0.497 e. The molecule has 2 atom stereocenters. The van der Waals surface area contributed by atoms with Gasteiger partial charge in [-0.2, -0.15) is 0 Å². The molecule has 0 aromatic heterocycles. The van der Waals surface area contributed by atoms with Crippen molar-refractivity contribution in [3.63, 3.8) is 0 Å². The standard InChI is InChI=1S/C23H22O/c1-24-20-14-11-19(12-15-20)23-21-10-6-5-9-18(21)13-16-22(23)17-7-3-2-4-8-17/h2-12,14-15,22-23H,13,16H2,1H3. The Morgan fingerprint density at radius 2 is 1.46 bits per heavy atom. The molecule has 3 aromatic rings. The first-order valence-electron chi connectivity index (χ1n) is 8.63. The quantitative estimate of drug-likeness (QED) is 0.615. The van der Waals surface area contributed by atoms with Gasteiger partial charge in [-0.25, -0.2) is 0 Å². The molecule has 0 amide bonds. The Morgan fingerprint density at radius 1 is 0.750 bits per heavy atom. The molecule has 24 heavy (non-hydrogen) atoms. The van der Waals surface area contributed by atoms with Crippen LogP contribution in [0.3, 0.4) is 0 Å². The number of ether oxygens (including phenoxy) is 1. The molecule has 0 aliphatic heterocycles. The number of aryl methyl sites for hydroxylation is 1. The van der Waals surface area contributed by atoms with Gasteiger partial charge in [0.25, 0.3) is 0 Å². The summed E-state index contributed by atoms with van der Waals surface area (Å²) < 4.78 is 5.34. The third kappa shape index (κ3) is 2.71. The van der Waals surface area contributed by atoms with Gasteiger partial charge in [0.15, 0.2) is 0 Å². The second kappa shape index (κ2) is 6.52. The molecule has 0 saturated carbocycles. The van der Waals surface area contributed by atoms with E-state index in [4.69, 9.17) is 4.74 Å². The molecule has 1 heteroatoms. The number of rotatable bonds is 3. The van der Waals surface area contributed by atoms with Crippen LogP contribution >= 0.6 is 0 Å². The summed E-state index contributed by atoms with van der Waals surface area (Å²) in [7, 11) is 1.72. The molecule has 2 unspecified atom stereocenters. The monoisotopic (exact) mass is 314 g/mol. The highest BCUT2D eigenvalue weighted by Gasteiger charge is 2.31. The fourth-order valence-electron chi connectivity index (χ4n) is 4.04. The summed E-state index contributed by atoms with van der Waals surface area (Å²) in [5.74, 6) is 1.84. The number of hydrogen-bond acceptors (Lipinski definition) is 1. The van der Waals surface area contributed by atoms with Crippen LogP contribution in [0.4, 0.5) is 0 Å². The van der Waals surface area contributed by atoms with Crippen LogP contribution in [-0.2, 0) is 6.42 Å². The SMILES string of the molecule is COc1ccc(C2c3ccccc3CCC2c2ccccc2)cc1. The Bertz CT molecular complexity index is 805. The third-order valence-corrected chi connectivity index (χ3v) is 5.22. The molecular weight excluding hydrogens is 292 g/mol. The molecule has 1 aliphatic rings. The molecule has 0 N–H and O–H groups in total. The summed E-state index contributed by atoms with van der Waals surface area (Å²) in [5, 5.41) is 0. The van der Waals surface area contributed by atoms with Crippen molar-refractivity contribution in [3.05, 3.63) is 101 Å². The fourth-order valence-corrected chi connectivity index (χ4v) is 4.04. The highest BCUT2D eigenvalue weighted by Crippen LogP contribution is 2.46. The lowest BCUT2D eigenvalue weighted by molar-refractivity contribution is 0.414. The van der Waals surface area contributed by atoms with E-state index in [2.05, 4.69) is 78.9 Å². The van der Waals surface area contributed by atoms with Gasteiger partial charge in [-0.15, -0.1) is 0 Å². The Morgan fingerprint density at radius 3 is 2.21 bits per heavy atom. The molecular formula is C23H22O. The van der Waals surface area contributed by atoms with Crippen LogP contribution in [0.15, 0.2) is 78.9 Å². The van der Waals surface area contributed by atoms with Crippen LogP contribution in [-0.4, -0.2) is 7.11 Å². The van der Waals surface area contributed by atoms with E-state index < -0.39 is 0 Å². The first-order chi connectivity index (χ1) is 11.9. The van der Waals surface area contributed by atoms with E-state index in [0.717, 1.165) is 12.2 Å². The van der Waals surface area contributed by atoms with Crippen molar-refractivity contribution in [3.8, 4) is 5.75 Å². The lowest BCUT2D eigenvalue weighted by atomic mass is 9.69. The Hall–Kier alpha value is -2.54. The van der Waals surface area contributed by atoms with Gasteiger partial charge < -0.3 is 4.74 Å². The van der Waals surface area contributed by atoms with Crippen LogP contribution in [0.5, 0.6) is 5.75 Å². The van der Waals surface area contributed by atoms with Gasteiger partial charge in [-0.05, 0) is 53.1 Å². The maximum Gasteiger partial charge on any atom is 0.118 e. The Kier molecular flexibility index (Phi) is 4.08. The second-order valence-corrected chi connectivity index (χ2v) is 6.51.